The molecule has 0 aliphatic heterocycles. The summed E-state index contributed by atoms with van der Waals surface area (Å²) in [6.45, 7) is 0.322. The van der Waals surface area contributed by atoms with Crippen LogP contribution in [-0.2, 0) is 11.3 Å². The molecular weight excluding hydrogens is 310 g/mol. The molecule has 1 N–H and O–H groups in total. The van der Waals surface area contributed by atoms with Crippen molar-refractivity contribution in [1.29, 1.82) is 0 Å². The van der Waals surface area contributed by atoms with Crippen molar-refractivity contribution in [3.8, 4) is 5.88 Å². The first-order valence-electron chi connectivity index (χ1n) is 6.42. The third-order valence-electron chi connectivity index (χ3n) is 2.75. The molecule has 0 aliphatic rings. The molecule has 0 bridgehead atoms. The van der Waals surface area contributed by atoms with Crippen LogP contribution >= 0.6 is 11.8 Å². The van der Waals surface area contributed by atoms with Crippen molar-refractivity contribution < 1.29 is 18.3 Å². The van der Waals surface area contributed by atoms with Crippen LogP contribution in [-0.4, -0.2) is 23.8 Å². The number of ether oxygens (including phenoxy) is 1. The van der Waals surface area contributed by atoms with Gasteiger partial charge in [-0.25, -0.2) is 13.8 Å². The van der Waals surface area contributed by atoms with Crippen molar-refractivity contribution in [2.45, 2.75) is 11.4 Å². The van der Waals surface area contributed by atoms with Crippen molar-refractivity contribution in [2.75, 3.05) is 12.9 Å². The van der Waals surface area contributed by atoms with Crippen LogP contribution in [0.4, 0.5) is 8.78 Å². The number of rotatable bonds is 6. The molecule has 1 aromatic heterocycles. The summed E-state index contributed by atoms with van der Waals surface area (Å²) in [4.78, 5) is 16.0. The van der Waals surface area contributed by atoms with Gasteiger partial charge in [-0.3, -0.25) is 4.79 Å². The van der Waals surface area contributed by atoms with Gasteiger partial charge in [0, 0.05) is 29.8 Å². The summed E-state index contributed by atoms with van der Waals surface area (Å²) < 4.78 is 31.1. The Kier molecular flexibility index (Phi) is 5.71. The zero-order valence-corrected chi connectivity index (χ0v) is 12.6. The van der Waals surface area contributed by atoms with Crippen LogP contribution in [0.15, 0.2) is 41.4 Å². The van der Waals surface area contributed by atoms with Gasteiger partial charge in [0.2, 0.25) is 11.8 Å². The van der Waals surface area contributed by atoms with Crippen LogP contribution in [0.2, 0.25) is 0 Å². The zero-order valence-electron chi connectivity index (χ0n) is 11.8. The molecule has 1 amide bonds. The Bertz CT molecular complexity index is 650. The highest BCUT2D eigenvalue weighted by Crippen LogP contribution is 2.22. The van der Waals surface area contributed by atoms with Gasteiger partial charge in [0.25, 0.3) is 0 Å². The molecule has 22 heavy (non-hydrogen) atoms. The predicted molar refractivity (Wildman–Crippen MR) is 79.7 cm³/mol. The topological polar surface area (TPSA) is 51.2 Å². The van der Waals surface area contributed by atoms with Crippen molar-refractivity contribution >= 4 is 17.7 Å². The summed E-state index contributed by atoms with van der Waals surface area (Å²) in [6.07, 6.45) is 1.60. The van der Waals surface area contributed by atoms with Crippen molar-refractivity contribution in [3.05, 3.63) is 53.7 Å². The SMILES string of the molecule is COc1ccc(CNC(=O)CSc2ccc(F)cc2F)cn1. The van der Waals surface area contributed by atoms with Gasteiger partial charge < -0.3 is 10.1 Å². The molecule has 1 aromatic carbocycles. The average molecular weight is 324 g/mol. The van der Waals surface area contributed by atoms with Gasteiger partial charge in [-0.05, 0) is 17.7 Å². The second-order valence-corrected chi connectivity index (χ2v) is 5.37. The Morgan fingerprint density at radius 1 is 1.32 bits per heavy atom. The summed E-state index contributed by atoms with van der Waals surface area (Å²) in [5.74, 6) is -1.01. The van der Waals surface area contributed by atoms with E-state index < -0.39 is 11.6 Å². The number of aromatic nitrogens is 1. The molecule has 0 atom stereocenters. The Hall–Kier alpha value is -2.15. The molecule has 0 saturated carbocycles. The molecule has 1 heterocycles. The maximum Gasteiger partial charge on any atom is 0.230 e. The Morgan fingerprint density at radius 3 is 2.77 bits per heavy atom. The quantitative estimate of drug-likeness (QED) is 0.830. The molecule has 2 rings (SSSR count). The molecule has 0 unspecified atom stereocenters. The van der Waals surface area contributed by atoms with E-state index in [0.29, 0.717) is 12.4 Å². The van der Waals surface area contributed by atoms with Crippen LogP contribution in [0.3, 0.4) is 0 Å². The highest BCUT2D eigenvalue weighted by atomic mass is 32.2. The number of methoxy groups -OCH3 is 1. The second-order valence-electron chi connectivity index (χ2n) is 4.35. The predicted octanol–water partition coefficient (Wildman–Crippen LogP) is 2.78. The van der Waals surface area contributed by atoms with Crippen molar-refractivity contribution in [1.82, 2.24) is 10.3 Å². The summed E-state index contributed by atoms with van der Waals surface area (Å²) in [5.41, 5.74) is 0.826. The van der Waals surface area contributed by atoms with Crippen LogP contribution in [0.25, 0.3) is 0 Å². The minimum absolute atomic E-state index is 0.0478. The first-order valence-corrected chi connectivity index (χ1v) is 7.40. The maximum absolute atomic E-state index is 13.4. The molecule has 0 radical (unpaired) electrons. The standard InChI is InChI=1S/C15H14F2N2O2S/c1-21-15-5-2-10(8-19-15)7-18-14(20)9-22-13-4-3-11(16)6-12(13)17/h2-6,8H,7,9H2,1H3,(H,18,20). The van der Waals surface area contributed by atoms with Gasteiger partial charge >= 0.3 is 0 Å². The third-order valence-corrected chi connectivity index (χ3v) is 3.80. The number of carbonyl (C=O) groups is 1. The van der Waals surface area contributed by atoms with E-state index >= 15 is 0 Å². The lowest BCUT2D eigenvalue weighted by Crippen LogP contribution is -2.24. The van der Waals surface area contributed by atoms with E-state index in [1.807, 2.05) is 0 Å². The van der Waals surface area contributed by atoms with Crippen LogP contribution < -0.4 is 10.1 Å². The summed E-state index contributed by atoms with van der Waals surface area (Å²) in [6, 6.07) is 6.76. The number of nitrogens with zero attached hydrogens (tertiary/aromatic N) is 1. The fraction of sp³-hybridized carbons (Fsp3) is 0.200. The molecule has 0 fully saturated rings. The fourth-order valence-electron chi connectivity index (χ4n) is 1.62. The number of pyridine rings is 1. The molecular formula is C15H14F2N2O2S. The monoisotopic (exact) mass is 324 g/mol. The maximum atomic E-state index is 13.4. The van der Waals surface area contributed by atoms with E-state index in [4.69, 9.17) is 4.74 Å². The number of halogens is 2. The number of carbonyl (C=O) groups excluding carboxylic acids is 1. The molecule has 7 heteroatoms. The van der Waals surface area contributed by atoms with Gasteiger partial charge in [0.15, 0.2) is 0 Å². The normalized spacial score (nSPS) is 10.3. The molecule has 116 valence electrons. The smallest absolute Gasteiger partial charge is 0.230 e. The van der Waals surface area contributed by atoms with E-state index in [2.05, 4.69) is 10.3 Å². The average Bonchev–Trinajstić information content (AvgIpc) is 2.52. The summed E-state index contributed by atoms with van der Waals surface area (Å²) in [7, 11) is 1.52. The van der Waals surface area contributed by atoms with E-state index in [1.165, 1.54) is 13.2 Å². The lowest BCUT2D eigenvalue weighted by Gasteiger charge is -2.06. The van der Waals surface area contributed by atoms with Gasteiger partial charge in [-0.1, -0.05) is 6.07 Å². The van der Waals surface area contributed by atoms with Crippen molar-refractivity contribution in [2.24, 2.45) is 0 Å². The van der Waals surface area contributed by atoms with E-state index in [9.17, 15) is 13.6 Å². The molecule has 0 spiro atoms. The lowest BCUT2D eigenvalue weighted by molar-refractivity contribution is -0.118. The minimum Gasteiger partial charge on any atom is -0.481 e. The van der Waals surface area contributed by atoms with E-state index in [0.717, 1.165) is 29.5 Å². The Balaban J connectivity index is 1.80. The number of hydrogen-bond acceptors (Lipinski definition) is 4. The second kappa shape index (κ2) is 7.74. The van der Waals surface area contributed by atoms with Gasteiger partial charge in [0.1, 0.15) is 11.6 Å². The third kappa shape index (κ3) is 4.70. The number of amides is 1. The summed E-state index contributed by atoms with van der Waals surface area (Å²) in [5, 5.41) is 2.70. The van der Waals surface area contributed by atoms with Gasteiger partial charge in [-0.15, -0.1) is 11.8 Å². The van der Waals surface area contributed by atoms with E-state index in [-0.39, 0.29) is 16.6 Å². The highest BCUT2D eigenvalue weighted by molar-refractivity contribution is 8.00. The van der Waals surface area contributed by atoms with Crippen LogP contribution in [0.5, 0.6) is 5.88 Å². The van der Waals surface area contributed by atoms with Crippen LogP contribution in [0.1, 0.15) is 5.56 Å². The lowest BCUT2D eigenvalue weighted by atomic mass is 10.3. The Labute approximate surface area is 130 Å². The fourth-order valence-corrected chi connectivity index (χ4v) is 2.37. The summed E-state index contributed by atoms with van der Waals surface area (Å²) >= 11 is 1.02. The minimum atomic E-state index is -0.669. The first-order chi connectivity index (χ1) is 10.6. The van der Waals surface area contributed by atoms with Crippen LogP contribution in [0, 0.1) is 11.6 Å². The molecule has 0 saturated heterocycles. The van der Waals surface area contributed by atoms with Gasteiger partial charge in [-0.2, -0.15) is 0 Å². The van der Waals surface area contributed by atoms with Crippen molar-refractivity contribution in [3.63, 3.8) is 0 Å². The largest absolute Gasteiger partial charge is 0.481 e. The molecule has 2 aromatic rings. The number of hydrogen-bond donors (Lipinski definition) is 1. The highest BCUT2D eigenvalue weighted by Gasteiger charge is 2.08. The van der Waals surface area contributed by atoms with E-state index in [1.54, 1.807) is 18.3 Å². The zero-order chi connectivity index (χ0) is 15.9. The molecule has 0 aliphatic carbocycles. The van der Waals surface area contributed by atoms with Gasteiger partial charge in [0.05, 0.1) is 12.9 Å². The Morgan fingerprint density at radius 2 is 2.14 bits per heavy atom. The number of thioether (sulfide) groups is 1. The number of benzene rings is 1. The first kappa shape index (κ1) is 16.2. The number of nitrogens with one attached hydrogen (secondary N) is 1. The molecule has 4 nitrogen and oxygen atoms in total.